The van der Waals surface area contributed by atoms with Gasteiger partial charge in [-0.2, -0.15) is 11.8 Å². The monoisotopic (exact) mass is 495 g/mol. The van der Waals surface area contributed by atoms with Gasteiger partial charge in [0, 0.05) is 23.9 Å². The lowest BCUT2D eigenvalue weighted by Crippen LogP contribution is -2.32. The lowest BCUT2D eigenvalue weighted by atomic mass is 9.88. The first-order valence-corrected chi connectivity index (χ1v) is 13.3. The van der Waals surface area contributed by atoms with Gasteiger partial charge in [0.25, 0.3) is 0 Å². The van der Waals surface area contributed by atoms with Crippen LogP contribution in [0.1, 0.15) is 68.1 Å². The first kappa shape index (κ1) is 25.2. The van der Waals surface area contributed by atoms with Crippen LogP contribution >= 0.6 is 11.8 Å². The third-order valence-electron chi connectivity index (χ3n) is 6.65. The summed E-state index contributed by atoms with van der Waals surface area (Å²) in [6.45, 7) is 8.54. The Morgan fingerprint density at radius 3 is 2.74 bits per heavy atom. The van der Waals surface area contributed by atoms with E-state index in [1.807, 2.05) is 33.0 Å². The number of fused-ring (bicyclic) bond motifs is 2. The van der Waals surface area contributed by atoms with Crippen molar-refractivity contribution in [1.29, 1.82) is 0 Å². The molecule has 0 saturated heterocycles. The fourth-order valence-electron chi connectivity index (χ4n) is 4.06. The van der Waals surface area contributed by atoms with Gasteiger partial charge in [0.05, 0.1) is 23.3 Å². The Labute approximate surface area is 210 Å². The summed E-state index contributed by atoms with van der Waals surface area (Å²) < 4.78 is 11.4. The van der Waals surface area contributed by atoms with Crippen molar-refractivity contribution in [3.8, 4) is 5.88 Å². The maximum absolute atomic E-state index is 12.2. The number of nitrogens with zero attached hydrogens (tertiary/aromatic N) is 3. The number of nitrogens with one attached hydrogen (secondary N) is 1. The number of rotatable bonds is 9. The van der Waals surface area contributed by atoms with E-state index in [4.69, 9.17) is 20.2 Å². The highest BCUT2D eigenvalue weighted by molar-refractivity contribution is 7.98. The van der Waals surface area contributed by atoms with E-state index < -0.39 is 5.54 Å². The maximum atomic E-state index is 12.2. The van der Waals surface area contributed by atoms with Crippen LogP contribution < -0.4 is 15.8 Å². The molecule has 3 N–H and O–H groups in total. The molecule has 3 atom stereocenters. The summed E-state index contributed by atoms with van der Waals surface area (Å²) in [4.78, 5) is 26.1. The number of hydrogen-bond acceptors (Lipinski definition) is 9. The number of hydrogen-bond donors (Lipinski definition) is 2. The molecule has 0 aliphatic carbocycles. The van der Waals surface area contributed by atoms with Crippen molar-refractivity contribution in [2.45, 2.75) is 58.1 Å². The minimum Gasteiger partial charge on any atom is -0.477 e. The predicted octanol–water partition coefficient (Wildman–Crippen LogP) is 5.15. The van der Waals surface area contributed by atoms with E-state index in [0.717, 1.165) is 40.6 Å². The fraction of sp³-hybridized carbons (Fsp3) is 0.462. The summed E-state index contributed by atoms with van der Waals surface area (Å²) in [5.41, 5.74) is 8.24. The van der Waals surface area contributed by atoms with E-state index >= 15 is 0 Å². The average Bonchev–Trinajstić information content (AvgIpc) is 2.85. The van der Waals surface area contributed by atoms with Crippen LogP contribution in [0.2, 0.25) is 0 Å². The molecule has 0 fully saturated rings. The number of esters is 1. The molecule has 0 bridgehead atoms. The van der Waals surface area contributed by atoms with Crippen LogP contribution in [0.3, 0.4) is 0 Å². The van der Waals surface area contributed by atoms with Gasteiger partial charge in [-0.3, -0.25) is 0 Å². The summed E-state index contributed by atoms with van der Waals surface area (Å²) >= 11 is 1.79. The molecule has 186 valence electrons. The first-order chi connectivity index (χ1) is 16.7. The van der Waals surface area contributed by atoms with Crippen LogP contribution in [0.15, 0.2) is 30.6 Å². The number of nitrogens with two attached hydrogens (primary N) is 1. The van der Waals surface area contributed by atoms with E-state index in [9.17, 15) is 4.79 Å². The zero-order chi connectivity index (χ0) is 25.2. The Morgan fingerprint density at radius 1 is 1.20 bits per heavy atom. The minimum atomic E-state index is -0.558. The number of carbonyl (C=O) groups is 1. The van der Waals surface area contributed by atoms with Crippen LogP contribution in [-0.2, 0) is 10.3 Å². The number of anilines is 2. The summed E-state index contributed by atoms with van der Waals surface area (Å²) in [5.74, 6) is 2.49. The summed E-state index contributed by atoms with van der Waals surface area (Å²) in [5, 5.41) is 5.06. The van der Waals surface area contributed by atoms with Gasteiger partial charge in [-0.05, 0) is 67.8 Å². The zero-order valence-corrected chi connectivity index (χ0v) is 21.7. The van der Waals surface area contributed by atoms with Crippen LogP contribution in [0, 0.1) is 0 Å². The van der Waals surface area contributed by atoms with Gasteiger partial charge in [-0.25, -0.2) is 19.7 Å². The van der Waals surface area contributed by atoms with Crippen LogP contribution in [0.25, 0.3) is 10.8 Å². The molecule has 35 heavy (non-hydrogen) atoms. The van der Waals surface area contributed by atoms with Crippen molar-refractivity contribution in [2.75, 3.05) is 23.9 Å². The maximum Gasteiger partial charge on any atom is 0.340 e. The second-order valence-corrected chi connectivity index (χ2v) is 10.2. The molecule has 1 aliphatic heterocycles. The van der Waals surface area contributed by atoms with Crippen molar-refractivity contribution in [1.82, 2.24) is 15.0 Å². The number of thioether (sulfide) groups is 1. The van der Waals surface area contributed by atoms with Gasteiger partial charge in [0.2, 0.25) is 5.88 Å². The average molecular weight is 496 g/mol. The number of ether oxygens (including phenoxy) is 2. The molecule has 0 spiro atoms. The lowest BCUT2D eigenvalue weighted by molar-refractivity contribution is 0.0235. The standard InChI is InChI=1S/C26H33N5O3S/c1-6-26(4,27)20-14-29-24(33-10-7-11-35-5)19-13-28-22(12-18(19)20)30-21-9-8-17-23(31-21)15(2)16(3)34-25(17)32/h8-9,12-16H,6-7,10-11,27H2,1-5H3,(H,28,30,31)/t15?,16?,26-/m1/s1. The van der Waals surface area contributed by atoms with Gasteiger partial charge in [-0.15, -0.1) is 0 Å². The Hall–Kier alpha value is -2.91. The van der Waals surface area contributed by atoms with E-state index in [0.29, 0.717) is 29.7 Å². The Kier molecular flexibility index (Phi) is 7.47. The SMILES string of the molecule is CC[C@@](C)(N)c1cnc(OCCCSC)c2cnc(Nc3ccc4c(n3)C(C)C(C)OC4=O)cc12. The molecule has 8 nitrogen and oxygen atoms in total. The largest absolute Gasteiger partial charge is 0.477 e. The molecule has 0 amide bonds. The quantitative estimate of drug-likeness (QED) is 0.307. The van der Waals surface area contributed by atoms with Crippen molar-refractivity contribution in [3.63, 3.8) is 0 Å². The molecule has 2 unspecified atom stereocenters. The number of aromatic nitrogens is 3. The van der Waals surface area contributed by atoms with E-state index in [1.165, 1.54) is 0 Å². The Balaban J connectivity index is 1.70. The van der Waals surface area contributed by atoms with Gasteiger partial charge in [0.1, 0.15) is 17.7 Å². The third kappa shape index (κ3) is 5.21. The van der Waals surface area contributed by atoms with Gasteiger partial charge < -0.3 is 20.5 Å². The summed E-state index contributed by atoms with van der Waals surface area (Å²) in [7, 11) is 0. The summed E-state index contributed by atoms with van der Waals surface area (Å²) in [6.07, 6.45) is 7.13. The molecular formula is C26H33N5O3S. The molecule has 9 heteroatoms. The fourth-order valence-corrected chi connectivity index (χ4v) is 4.47. The number of pyridine rings is 3. The van der Waals surface area contributed by atoms with Gasteiger partial charge >= 0.3 is 5.97 Å². The number of carbonyl (C=O) groups excluding carboxylic acids is 1. The molecule has 0 radical (unpaired) electrons. The Bertz CT molecular complexity index is 1230. The topological polar surface area (TPSA) is 112 Å². The van der Waals surface area contributed by atoms with Crippen LogP contribution in [0.4, 0.5) is 11.6 Å². The third-order valence-corrected chi connectivity index (χ3v) is 7.34. The van der Waals surface area contributed by atoms with Gasteiger partial charge in [-0.1, -0.05) is 13.8 Å². The minimum absolute atomic E-state index is 0.00000652. The zero-order valence-electron chi connectivity index (χ0n) is 20.9. The molecule has 0 aromatic carbocycles. The van der Waals surface area contributed by atoms with Crippen molar-refractivity contribution >= 4 is 40.1 Å². The molecule has 0 saturated carbocycles. The number of cyclic esters (lactones) is 1. The lowest BCUT2D eigenvalue weighted by Gasteiger charge is -2.27. The molecule has 3 aromatic heterocycles. The van der Waals surface area contributed by atoms with E-state index in [2.05, 4.69) is 28.5 Å². The second kappa shape index (κ2) is 10.4. The molecular weight excluding hydrogens is 462 g/mol. The van der Waals surface area contributed by atoms with Crippen molar-refractivity contribution < 1.29 is 14.3 Å². The van der Waals surface area contributed by atoms with E-state index in [-0.39, 0.29) is 18.0 Å². The highest BCUT2D eigenvalue weighted by atomic mass is 32.2. The molecule has 3 aromatic rings. The molecule has 1 aliphatic rings. The second-order valence-electron chi connectivity index (χ2n) is 9.21. The summed E-state index contributed by atoms with van der Waals surface area (Å²) in [6, 6.07) is 5.48. The molecule has 4 rings (SSSR count). The predicted molar refractivity (Wildman–Crippen MR) is 141 cm³/mol. The molecule has 4 heterocycles. The van der Waals surface area contributed by atoms with Crippen LogP contribution in [0.5, 0.6) is 5.88 Å². The van der Waals surface area contributed by atoms with Crippen molar-refractivity contribution in [2.24, 2.45) is 5.73 Å². The first-order valence-electron chi connectivity index (χ1n) is 11.9. The van der Waals surface area contributed by atoms with Crippen molar-refractivity contribution in [3.05, 3.63) is 47.4 Å². The van der Waals surface area contributed by atoms with Crippen LogP contribution in [-0.4, -0.2) is 45.6 Å². The normalized spacial score (nSPS) is 19.1. The van der Waals surface area contributed by atoms with Gasteiger partial charge in [0.15, 0.2) is 0 Å². The smallest absolute Gasteiger partial charge is 0.340 e. The van der Waals surface area contributed by atoms with E-state index in [1.54, 1.807) is 30.1 Å². The highest BCUT2D eigenvalue weighted by Gasteiger charge is 2.31. The Morgan fingerprint density at radius 2 is 2.00 bits per heavy atom. The highest BCUT2D eigenvalue weighted by Crippen LogP contribution is 2.35.